The van der Waals surface area contributed by atoms with E-state index in [1.165, 1.54) is 6.07 Å². The fourth-order valence-electron chi connectivity index (χ4n) is 2.73. The fraction of sp³-hybridized carbons (Fsp3) is 0.300. The van der Waals surface area contributed by atoms with Crippen molar-refractivity contribution in [3.05, 3.63) is 71.0 Å². The van der Waals surface area contributed by atoms with Gasteiger partial charge in [0.1, 0.15) is 11.2 Å². The summed E-state index contributed by atoms with van der Waals surface area (Å²) in [5.41, 5.74) is 1.55. The summed E-state index contributed by atoms with van der Waals surface area (Å²) in [5, 5.41) is 5.53. The molecule has 1 aliphatic carbocycles. The van der Waals surface area contributed by atoms with Crippen LogP contribution in [0, 0.1) is 18.2 Å². The van der Waals surface area contributed by atoms with Crippen molar-refractivity contribution >= 4 is 11.8 Å². The quantitative estimate of drug-likeness (QED) is 0.795. The summed E-state index contributed by atoms with van der Waals surface area (Å²) < 4.78 is 13.6. The van der Waals surface area contributed by atoms with Gasteiger partial charge in [0.15, 0.2) is 0 Å². The van der Waals surface area contributed by atoms with Crippen molar-refractivity contribution in [3.63, 3.8) is 0 Å². The predicted octanol–water partition coefficient (Wildman–Crippen LogP) is 2.85. The molecule has 0 aromatic heterocycles. The maximum Gasteiger partial charge on any atom is 0.235 e. The lowest BCUT2D eigenvalue weighted by molar-refractivity contribution is -0.137. The molecule has 2 N–H and O–H groups in total. The van der Waals surface area contributed by atoms with Crippen LogP contribution in [0.1, 0.15) is 29.5 Å². The molecule has 2 amide bonds. The number of hydrogen-bond acceptors (Lipinski definition) is 2. The molecule has 0 radical (unpaired) electrons. The largest absolute Gasteiger partial charge is 0.351 e. The molecule has 1 fully saturated rings. The number of halogens is 1. The summed E-state index contributed by atoms with van der Waals surface area (Å²) in [6.45, 7) is 2.47. The van der Waals surface area contributed by atoms with Gasteiger partial charge in [-0.3, -0.25) is 9.59 Å². The Bertz CT molecular complexity index is 783. The third kappa shape index (κ3) is 3.87. The van der Waals surface area contributed by atoms with Crippen LogP contribution < -0.4 is 10.6 Å². The highest BCUT2D eigenvalue weighted by atomic mass is 19.1. The van der Waals surface area contributed by atoms with E-state index in [9.17, 15) is 14.0 Å². The molecule has 2 aromatic carbocycles. The first kappa shape index (κ1) is 17.1. The molecule has 25 heavy (non-hydrogen) atoms. The lowest BCUT2D eigenvalue weighted by Crippen LogP contribution is -2.42. The van der Waals surface area contributed by atoms with Gasteiger partial charge in [0.25, 0.3) is 0 Å². The van der Waals surface area contributed by atoms with Gasteiger partial charge in [-0.1, -0.05) is 48.0 Å². The molecule has 1 saturated carbocycles. The van der Waals surface area contributed by atoms with E-state index in [-0.39, 0.29) is 24.2 Å². The van der Waals surface area contributed by atoms with Crippen LogP contribution >= 0.6 is 0 Å². The SMILES string of the molecule is Cc1ccc(CNC(=O)C2(C(=O)NCc3ccccc3F)CC2)cc1. The summed E-state index contributed by atoms with van der Waals surface area (Å²) in [6, 6.07) is 14.1. The van der Waals surface area contributed by atoms with Crippen LogP contribution in [0.25, 0.3) is 0 Å². The minimum Gasteiger partial charge on any atom is -0.351 e. The van der Waals surface area contributed by atoms with Crippen LogP contribution in [0.4, 0.5) is 4.39 Å². The molecular formula is C20H21FN2O2. The molecular weight excluding hydrogens is 319 g/mol. The number of aryl methyl sites for hydroxylation is 1. The molecule has 130 valence electrons. The van der Waals surface area contributed by atoms with Crippen molar-refractivity contribution in [2.24, 2.45) is 5.41 Å². The van der Waals surface area contributed by atoms with Crippen LogP contribution in [-0.2, 0) is 22.7 Å². The van der Waals surface area contributed by atoms with E-state index in [1.54, 1.807) is 18.2 Å². The summed E-state index contributed by atoms with van der Waals surface area (Å²) >= 11 is 0. The number of carbonyl (C=O) groups is 2. The third-order valence-electron chi connectivity index (χ3n) is 4.59. The highest BCUT2D eigenvalue weighted by Gasteiger charge is 2.56. The molecule has 4 nitrogen and oxygen atoms in total. The Balaban J connectivity index is 1.55. The first-order valence-corrected chi connectivity index (χ1v) is 8.37. The second-order valence-corrected chi connectivity index (χ2v) is 6.52. The second-order valence-electron chi connectivity index (χ2n) is 6.52. The van der Waals surface area contributed by atoms with Gasteiger partial charge < -0.3 is 10.6 Å². The lowest BCUT2D eigenvalue weighted by Gasteiger charge is -2.16. The molecule has 0 heterocycles. The first-order chi connectivity index (χ1) is 12.0. The second kappa shape index (κ2) is 7.05. The molecule has 0 saturated heterocycles. The minimum absolute atomic E-state index is 0.0818. The molecule has 2 aromatic rings. The number of amides is 2. The van der Waals surface area contributed by atoms with Gasteiger partial charge in [-0.15, -0.1) is 0 Å². The monoisotopic (exact) mass is 340 g/mol. The Labute approximate surface area is 146 Å². The zero-order chi connectivity index (χ0) is 17.9. The normalized spacial score (nSPS) is 14.6. The van der Waals surface area contributed by atoms with Crippen molar-refractivity contribution in [1.29, 1.82) is 0 Å². The van der Waals surface area contributed by atoms with Gasteiger partial charge >= 0.3 is 0 Å². The van der Waals surface area contributed by atoms with Gasteiger partial charge in [0, 0.05) is 18.7 Å². The molecule has 3 rings (SSSR count). The van der Waals surface area contributed by atoms with Crippen molar-refractivity contribution in [2.75, 3.05) is 0 Å². The number of carbonyl (C=O) groups excluding carboxylic acids is 2. The van der Waals surface area contributed by atoms with Crippen molar-refractivity contribution in [2.45, 2.75) is 32.9 Å². The topological polar surface area (TPSA) is 58.2 Å². The number of benzene rings is 2. The van der Waals surface area contributed by atoms with E-state index < -0.39 is 5.41 Å². The zero-order valence-electron chi connectivity index (χ0n) is 14.1. The van der Waals surface area contributed by atoms with Gasteiger partial charge in [0.2, 0.25) is 11.8 Å². The smallest absolute Gasteiger partial charge is 0.235 e. The van der Waals surface area contributed by atoms with E-state index in [4.69, 9.17) is 0 Å². The summed E-state index contributed by atoms with van der Waals surface area (Å²) in [5.74, 6) is -0.965. The lowest BCUT2D eigenvalue weighted by atomic mass is 10.0. The van der Waals surface area contributed by atoms with Crippen molar-refractivity contribution in [3.8, 4) is 0 Å². The first-order valence-electron chi connectivity index (χ1n) is 8.37. The molecule has 1 aliphatic rings. The van der Waals surface area contributed by atoms with Crippen LogP contribution in [0.3, 0.4) is 0 Å². The van der Waals surface area contributed by atoms with Gasteiger partial charge in [-0.2, -0.15) is 0 Å². The number of rotatable bonds is 6. The highest BCUT2D eigenvalue weighted by Crippen LogP contribution is 2.46. The predicted molar refractivity (Wildman–Crippen MR) is 92.9 cm³/mol. The Morgan fingerprint density at radius 1 is 0.960 bits per heavy atom. The Hall–Kier alpha value is -2.69. The Morgan fingerprint density at radius 3 is 2.16 bits per heavy atom. The summed E-state index contributed by atoms with van der Waals surface area (Å²) in [4.78, 5) is 24.9. The summed E-state index contributed by atoms with van der Waals surface area (Å²) in [6.07, 6.45) is 1.05. The van der Waals surface area contributed by atoms with E-state index in [1.807, 2.05) is 31.2 Å². The fourth-order valence-corrected chi connectivity index (χ4v) is 2.73. The van der Waals surface area contributed by atoms with Gasteiger partial charge in [0.05, 0.1) is 0 Å². The average Bonchev–Trinajstić information content (AvgIpc) is 3.42. The third-order valence-corrected chi connectivity index (χ3v) is 4.59. The minimum atomic E-state index is -1.00. The van der Waals surface area contributed by atoms with Crippen molar-refractivity contribution in [1.82, 2.24) is 10.6 Å². The van der Waals surface area contributed by atoms with Crippen LogP contribution in [0.2, 0.25) is 0 Å². The molecule has 0 spiro atoms. The molecule has 0 bridgehead atoms. The maximum absolute atomic E-state index is 13.6. The van der Waals surface area contributed by atoms with Crippen LogP contribution in [0.5, 0.6) is 0 Å². The van der Waals surface area contributed by atoms with Crippen molar-refractivity contribution < 1.29 is 14.0 Å². The summed E-state index contributed by atoms with van der Waals surface area (Å²) in [7, 11) is 0. The number of nitrogens with one attached hydrogen (secondary N) is 2. The maximum atomic E-state index is 13.6. The highest BCUT2D eigenvalue weighted by molar-refractivity contribution is 6.07. The molecule has 0 aliphatic heterocycles. The molecule has 0 atom stereocenters. The average molecular weight is 340 g/mol. The van der Waals surface area contributed by atoms with Gasteiger partial charge in [-0.05, 0) is 31.4 Å². The number of hydrogen-bond donors (Lipinski definition) is 2. The standard InChI is InChI=1S/C20H21FN2O2/c1-14-6-8-15(9-7-14)12-22-18(24)20(10-11-20)19(25)23-13-16-4-2-3-5-17(16)21/h2-9H,10-13H2,1H3,(H,22,24)(H,23,25). The molecule has 5 heteroatoms. The van der Waals surface area contributed by atoms with E-state index in [2.05, 4.69) is 10.6 Å². The van der Waals surface area contributed by atoms with Gasteiger partial charge in [-0.25, -0.2) is 4.39 Å². The van der Waals surface area contributed by atoms with Crippen LogP contribution in [0.15, 0.2) is 48.5 Å². The van der Waals surface area contributed by atoms with E-state index in [0.29, 0.717) is 24.9 Å². The molecule has 0 unspecified atom stereocenters. The Kier molecular flexibility index (Phi) is 4.83. The van der Waals surface area contributed by atoms with Crippen LogP contribution in [-0.4, -0.2) is 11.8 Å². The zero-order valence-corrected chi connectivity index (χ0v) is 14.1. The van der Waals surface area contributed by atoms with E-state index in [0.717, 1.165) is 11.1 Å². The Morgan fingerprint density at radius 2 is 1.56 bits per heavy atom. The van der Waals surface area contributed by atoms with E-state index >= 15 is 0 Å².